The first kappa shape index (κ1) is 45.2. The SMILES string of the molecule is C=Cc1ccccc1/C=C(\C)N(c1ccc(C2=CCCC(c3ccccc3)=C2)cc1)c1ccc2c(c1)C(c1oc3ccccc3c1C)=C(C)C2(c1ccccc1)c1ccccc1.CC.CC. The topological polar surface area (TPSA) is 16.4 Å². The van der Waals surface area contributed by atoms with Crippen LogP contribution in [0.3, 0.4) is 0 Å². The number of furan rings is 1. The normalized spacial score (nSPS) is 14.0. The molecule has 0 spiro atoms. The molecule has 1 aromatic heterocycles. The van der Waals surface area contributed by atoms with Crippen molar-refractivity contribution in [2.75, 3.05) is 4.90 Å². The molecule has 2 heteroatoms. The molecule has 1 heterocycles. The smallest absolute Gasteiger partial charge is 0.138 e. The standard InChI is InChI=1S/C60H49NO.2C2H6/c1-5-44-20-15-16-23-47(44)38-41(2)61(52-34-32-46(33-35-52)49-25-19-24-48(39-49)45-21-9-6-10-22-45)53-36-37-56-55(40-53)58(59-42(3)54-30-17-18-31-57(54)62-59)43(4)60(56,50-26-11-7-12-27-50)51-28-13-8-14-29-51;2*1-2/h5-18,20-23,25-40H,1,19,24H2,2-4H3;2*1-2H3/b41-38+;;. The van der Waals surface area contributed by atoms with Crippen molar-refractivity contribution in [3.8, 4) is 0 Å². The molecule has 2 aliphatic rings. The van der Waals surface area contributed by atoms with Crippen LogP contribution in [0.5, 0.6) is 0 Å². The lowest BCUT2D eigenvalue weighted by atomic mass is 9.67. The molecule has 10 rings (SSSR count). The second-order valence-corrected chi connectivity index (χ2v) is 16.5. The van der Waals surface area contributed by atoms with Crippen molar-refractivity contribution in [3.05, 3.63) is 268 Å². The molecular formula is C64H61NO. The monoisotopic (exact) mass is 859 g/mol. The Hall–Kier alpha value is -7.42. The number of rotatable bonds is 10. The number of aryl methyl sites for hydroxylation is 1. The number of allylic oxidation sites excluding steroid dienone is 6. The van der Waals surface area contributed by atoms with Gasteiger partial charge in [-0.1, -0.05) is 204 Å². The lowest BCUT2D eigenvalue weighted by Gasteiger charge is -2.35. The van der Waals surface area contributed by atoms with Gasteiger partial charge in [-0.25, -0.2) is 0 Å². The van der Waals surface area contributed by atoms with Crippen LogP contribution in [0.4, 0.5) is 11.4 Å². The minimum Gasteiger partial charge on any atom is -0.456 e. The number of nitrogens with zero attached hydrogens (tertiary/aromatic N) is 1. The molecule has 0 N–H and O–H groups in total. The predicted molar refractivity (Wildman–Crippen MR) is 285 cm³/mol. The van der Waals surface area contributed by atoms with Crippen molar-refractivity contribution in [3.63, 3.8) is 0 Å². The third-order valence-corrected chi connectivity index (χ3v) is 13.0. The average Bonchev–Trinajstić information content (AvgIpc) is 3.85. The Labute approximate surface area is 393 Å². The van der Waals surface area contributed by atoms with Gasteiger partial charge < -0.3 is 9.32 Å². The summed E-state index contributed by atoms with van der Waals surface area (Å²) in [5.41, 5.74) is 19.4. The maximum absolute atomic E-state index is 6.92. The minimum atomic E-state index is -0.544. The summed E-state index contributed by atoms with van der Waals surface area (Å²) < 4.78 is 6.92. The first-order valence-corrected chi connectivity index (χ1v) is 23.7. The Kier molecular flexibility index (Phi) is 13.8. The van der Waals surface area contributed by atoms with Crippen LogP contribution in [-0.4, -0.2) is 0 Å². The molecule has 0 bridgehead atoms. The molecule has 0 unspecified atom stereocenters. The van der Waals surface area contributed by atoms with Gasteiger partial charge in [-0.15, -0.1) is 0 Å². The Morgan fingerprint density at radius 2 is 1.20 bits per heavy atom. The Morgan fingerprint density at radius 3 is 1.83 bits per heavy atom. The van der Waals surface area contributed by atoms with Gasteiger partial charge in [0, 0.05) is 33.6 Å². The number of benzene rings is 7. The van der Waals surface area contributed by atoms with Crippen LogP contribution in [0.1, 0.15) is 110 Å². The van der Waals surface area contributed by atoms with E-state index in [1.807, 2.05) is 33.8 Å². The Bertz CT molecular complexity index is 3050. The van der Waals surface area contributed by atoms with E-state index < -0.39 is 5.41 Å². The highest BCUT2D eigenvalue weighted by Gasteiger charge is 2.47. The van der Waals surface area contributed by atoms with E-state index in [1.165, 1.54) is 50.1 Å². The molecule has 0 fully saturated rings. The van der Waals surface area contributed by atoms with Crippen molar-refractivity contribution in [1.29, 1.82) is 0 Å². The molecule has 0 saturated carbocycles. The summed E-state index contributed by atoms with van der Waals surface area (Å²) in [7, 11) is 0. The molecule has 2 nitrogen and oxygen atoms in total. The summed E-state index contributed by atoms with van der Waals surface area (Å²) in [4.78, 5) is 2.40. The van der Waals surface area contributed by atoms with E-state index in [0.717, 1.165) is 68.9 Å². The van der Waals surface area contributed by atoms with Gasteiger partial charge in [0.05, 0.1) is 5.41 Å². The van der Waals surface area contributed by atoms with Gasteiger partial charge in [-0.3, -0.25) is 0 Å². The minimum absolute atomic E-state index is 0.544. The molecule has 8 aromatic rings. The maximum Gasteiger partial charge on any atom is 0.138 e. The molecule has 0 amide bonds. The fourth-order valence-electron chi connectivity index (χ4n) is 10.0. The lowest BCUT2D eigenvalue weighted by Crippen LogP contribution is -2.29. The summed E-state index contributed by atoms with van der Waals surface area (Å²) in [6.07, 6.45) is 11.0. The highest BCUT2D eigenvalue weighted by molar-refractivity contribution is 5.98. The quantitative estimate of drug-likeness (QED) is 0.136. The van der Waals surface area contributed by atoms with Crippen LogP contribution in [0.25, 0.3) is 39.8 Å². The summed E-state index contributed by atoms with van der Waals surface area (Å²) in [5, 5.41) is 1.14. The molecular weight excluding hydrogens is 799 g/mol. The number of fused-ring (bicyclic) bond motifs is 2. The van der Waals surface area contributed by atoms with E-state index in [9.17, 15) is 0 Å². The van der Waals surface area contributed by atoms with Crippen LogP contribution >= 0.6 is 0 Å². The summed E-state index contributed by atoms with van der Waals surface area (Å²) in [5.74, 6) is 0.919. The van der Waals surface area contributed by atoms with E-state index in [1.54, 1.807) is 0 Å². The molecule has 0 aliphatic heterocycles. The molecule has 328 valence electrons. The second-order valence-electron chi connectivity index (χ2n) is 16.5. The number of para-hydroxylation sites is 1. The fraction of sp³-hybridized carbons (Fsp3) is 0.156. The van der Waals surface area contributed by atoms with Crippen molar-refractivity contribution in [2.45, 2.75) is 66.7 Å². The highest BCUT2D eigenvalue weighted by Crippen LogP contribution is 2.57. The van der Waals surface area contributed by atoms with Gasteiger partial charge in [0.25, 0.3) is 0 Å². The number of anilines is 2. The largest absolute Gasteiger partial charge is 0.456 e. The van der Waals surface area contributed by atoms with Gasteiger partial charge in [-0.2, -0.15) is 0 Å². The van der Waals surface area contributed by atoms with E-state index in [0.29, 0.717) is 0 Å². The molecule has 2 aliphatic carbocycles. The number of hydrogen-bond donors (Lipinski definition) is 0. The van der Waals surface area contributed by atoms with Crippen LogP contribution in [0, 0.1) is 6.92 Å². The third-order valence-electron chi connectivity index (χ3n) is 13.0. The first-order valence-electron chi connectivity index (χ1n) is 23.7. The van der Waals surface area contributed by atoms with E-state index in [-0.39, 0.29) is 0 Å². The van der Waals surface area contributed by atoms with Crippen LogP contribution in [0.2, 0.25) is 0 Å². The second kappa shape index (κ2) is 20.2. The molecule has 0 saturated heterocycles. The van der Waals surface area contributed by atoms with Crippen molar-refractivity contribution in [2.24, 2.45) is 0 Å². The molecule has 0 atom stereocenters. The molecule has 7 aromatic carbocycles. The fourth-order valence-corrected chi connectivity index (χ4v) is 10.0. The average molecular weight is 860 g/mol. The zero-order chi connectivity index (χ0) is 46.2. The van der Waals surface area contributed by atoms with Gasteiger partial charge in [0.1, 0.15) is 11.3 Å². The van der Waals surface area contributed by atoms with E-state index in [2.05, 4.69) is 232 Å². The molecule has 66 heavy (non-hydrogen) atoms. The van der Waals surface area contributed by atoms with Crippen LogP contribution in [0.15, 0.2) is 216 Å². The van der Waals surface area contributed by atoms with Crippen molar-refractivity contribution in [1.82, 2.24) is 0 Å². The Balaban J connectivity index is 0.00000144. The van der Waals surface area contributed by atoms with Gasteiger partial charge in [0.2, 0.25) is 0 Å². The van der Waals surface area contributed by atoms with Crippen molar-refractivity contribution >= 4 is 51.2 Å². The maximum atomic E-state index is 6.92. The molecule has 0 radical (unpaired) electrons. The summed E-state index contributed by atoms with van der Waals surface area (Å²) >= 11 is 0. The van der Waals surface area contributed by atoms with Gasteiger partial charge in [-0.05, 0) is 131 Å². The highest BCUT2D eigenvalue weighted by atomic mass is 16.3. The van der Waals surface area contributed by atoms with Gasteiger partial charge in [0.15, 0.2) is 0 Å². The number of hydrogen-bond acceptors (Lipinski definition) is 2. The predicted octanol–water partition coefficient (Wildman–Crippen LogP) is 18.1. The zero-order valence-electron chi connectivity index (χ0n) is 39.6. The summed E-state index contributed by atoms with van der Waals surface area (Å²) in [6, 6.07) is 65.8. The van der Waals surface area contributed by atoms with Crippen molar-refractivity contribution < 1.29 is 4.42 Å². The lowest BCUT2D eigenvalue weighted by molar-refractivity contribution is 0.596. The third kappa shape index (κ3) is 8.25. The zero-order valence-corrected chi connectivity index (χ0v) is 39.6. The van der Waals surface area contributed by atoms with Gasteiger partial charge >= 0.3 is 0 Å². The van der Waals surface area contributed by atoms with Crippen LogP contribution < -0.4 is 4.90 Å². The van der Waals surface area contributed by atoms with E-state index in [4.69, 9.17) is 4.42 Å². The summed E-state index contributed by atoms with van der Waals surface area (Å²) in [6.45, 7) is 18.9. The van der Waals surface area contributed by atoms with Crippen LogP contribution in [-0.2, 0) is 5.41 Å². The first-order chi connectivity index (χ1) is 32.4. The van der Waals surface area contributed by atoms with E-state index >= 15 is 0 Å². The Morgan fingerprint density at radius 1 is 0.621 bits per heavy atom.